The summed E-state index contributed by atoms with van der Waals surface area (Å²) in [5, 5.41) is 14.2. The van der Waals surface area contributed by atoms with E-state index in [1.54, 1.807) is 6.07 Å². The molecule has 0 saturated carbocycles. The van der Waals surface area contributed by atoms with Crippen LogP contribution in [-0.4, -0.2) is 35.5 Å². The number of hydrogen-bond donors (Lipinski definition) is 1. The lowest BCUT2D eigenvalue weighted by Gasteiger charge is -2.31. The third kappa shape index (κ3) is 2.78. The van der Waals surface area contributed by atoms with Gasteiger partial charge >= 0.3 is 5.00 Å². The van der Waals surface area contributed by atoms with Crippen LogP contribution in [0.1, 0.15) is 11.8 Å². The van der Waals surface area contributed by atoms with Gasteiger partial charge in [-0.25, -0.2) is 0 Å². The first-order chi connectivity index (χ1) is 7.65. The molecule has 0 spiro atoms. The fourth-order valence-corrected chi connectivity index (χ4v) is 2.79. The summed E-state index contributed by atoms with van der Waals surface area (Å²) in [5.74, 6) is 0. The summed E-state index contributed by atoms with van der Waals surface area (Å²) in [6, 6.07) is 3.95. The van der Waals surface area contributed by atoms with E-state index in [0.29, 0.717) is 6.04 Å². The van der Waals surface area contributed by atoms with E-state index in [9.17, 15) is 10.1 Å². The second-order valence-electron chi connectivity index (χ2n) is 4.09. The summed E-state index contributed by atoms with van der Waals surface area (Å²) < 4.78 is 0. The summed E-state index contributed by atoms with van der Waals surface area (Å²) in [6.07, 6.45) is 0. The van der Waals surface area contributed by atoms with E-state index in [1.807, 2.05) is 6.07 Å². The van der Waals surface area contributed by atoms with Gasteiger partial charge in [0.15, 0.2) is 0 Å². The summed E-state index contributed by atoms with van der Waals surface area (Å²) in [7, 11) is 0. The Morgan fingerprint density at radius 2 is 2.50 bits per heavy atom. The standard InChI is InChI=1S/C10H15N3O2S/c1-8-6-12(5-4-11-8)7-9-2-3-10(16-9)13(14)15/h2-3,8,11H,4-7H2,1H3/t8-/m1/s1. The lowest BCUT2D eigenvalue weighted by molar-refractivity contribution is -0.380. The molecule has 6 heteroatoms. The molecule has 1 saturated heterocycles. The second kappa shape index (κ2) is 4.90. The van der Waals surface area contributed by atoms with Crippen molar-refractivity contribution in [3.8, 4) is 0 Å². The van der Waals surface area contributed by atoms with Gasteiger partial charge in [-0.2, -0.15) is 0 Å². The smallest absolute Gasteiger partial charge is 0.312 e. The number of hydrogen-bond acceptors (Lipinski definition) is 5. The SMILES string of the molecule is C[C@@H]1CN(Cc2ccc([N+](=O)[O-])s2)CCN1. The van der Waals surface area contributed by atoms with Crippen molar-refractivity contribution in [1.82, 2.24) is 10.2 Å². The number of piperazine rings is 1. The molecular formula is C10H15N3O2S. The van der Waals surface area contributed by atoms with Gasteiger partial charge in [0, 0.05) is 43.2 Å². The molecule has 0 aliphatic carbocycles. The minimum absolute atomic E-state index is 0.234. The van der Waals surface area contributed by atoms with Crippen LogP contribution in [0, 0.1) is 10.1 Å². The molecule has 88 valence electrons. The normalized spacial score (nSPS) is 22.2. The molecular weight excluding hydrogens is 226 g/mol. The Kier molecular flexibility index (Phi) is 3.52. The fraction of sp³-hybridized carbons (Fsp3) is 0.600. The topological polar surface area (TPSA) is 58.4 Å². The van der Waals surface area contributed by atoms with E-state index in [-0.39, 0.29) is 9.92 Å². The summed E-state index contributed by atoms with van der Waals surface area (Å²) in [5.41, 5.74) is 0. The minimum atomic E-state index is -0.325. The van der Waals surface area contributed by atoms with Gasteiger partial charge in [0.2, 0.25) is 0 Å². The average Bonchev–Trinajstić information content (AvgIpc) is 2.66. The van der Waals surface area contributed by atoms with E-state index >= 15 is 0 Å². The zero-order chi connectivity index (χ0) is 11.5. The predicted octanol–water partition coefficient (Wildman–Crippen LogP) is 1.45. The number of nitrogens with zero attached hydrogens (tertiary/aromatic N) is 2. The highest BCUT2D eigenvalue weighted by molar-refractivity contribution is 7.15. The minimum Gasteiger partial charge on any atom is -0.312 e. The third-order valence-corrected chi connectivity index (χ3v) is 3.68. The van der Waals surface area contributed by atoms with Crippen LogP contribution in [0.15, 0.2) is 12.1 Å². The monoisotopic (exact) mass is 241 g/mol. The van der Waals surface area contributed by atoms with Crippen molar-refractivity contribution in [3.63, 3.8) is 0 Å². The maximum Gasteiger partial charge on any atom is 0.324 e. The molecule has 0 radical (unpaired) electrons. The Morgan fingerprint density at radius 3 is 3.12 bits per heavy atom. The number of nitro groups is 1. The lowest BCUT2D eigenvalue weighted by atomic mass is 10.2. The van der Waals surface area contributed by atoms with Gasteiger partial charge in [0.1, 0.15) is 0 Å². The zero-order valence-electron chi connectivity index (χ0n) is 9.18. The van der Waals surface area contributed by atoms with Crippen LogP contribution >= 0.6 is 11.3 Å². The quantitative estimate of drug-likeness (QED) is 0.643. The Morgan fingerprint density at radius 1 is 1.69 bits per heavy atom. The van der Waals surface area contributed by atoms with Crippen molar-refractivity contribution in [1.29, 1.82) is 0 Å². The van der Waals surface area contributed by atoms with Gasteiger partial charge < -0.3 is 5.32 Å². The lowest BCUT2D eigenvalue weighted by Crippen LogP contribution is -2.48. The number of thiophene rings is 1. The molecule has 2 heterocycles. The van der Waals surface area contributed by atoms with Gasteiger partial charge in [-0.3, -0.25) is 15.0 Å². The largest absolute Gasteiger partial charge is 0.324 e. The Labute approximate surface area is 98.2 Å². The van der Waals surface area contributed by atoms with Crippen molar-refractivity contribution >= 4 is 16.3 Å². The van der Waals surface area contributed by atoms with Crippen molar-refractivity contribution in [3.05, 3.63) is 27.1 Å². The summed E-state index contributed by atoms with van der Waals surface area (Å²) in [4.78, 5) is 13.6. The molecule has 0 aromatic carbocycles. The van der Waals surface area contributed by atoms with Crippen LogP contribution < -0.4 is 5.32 Å². The van der Waals surface area contributed by atoms with Crippen molar-refractivity contribution in [2.24, 2.45) is 0 Å². The fourth-order valence-electron chi connectivity index (χ4n) is 1.93. The van der Waals surface area contributed by atoms with Crippen molar-refractivity contribution in [2.45, 2.75) is 19.5 Å². The van der Waals surface area contributed by atoms with Gasteiger partial charge in [-0.05, 0) is 13.0 Å². The van der Waals surface area contributed by atoms with Crippen LogP contribution in [0.4, 0.5) is 5.00 Å². The van der Waals surface area contributed by atoms with Gasteiger partial charge in [-0.1, -0.05) is 11.3 Å². The molecule has 1 N–H and O–H groups in total. The van der Waals surface area contributed by atoms with Crippen LogP contribution in [0.3, 0.4) is 0 Å². The summed E-state index contributed by atoms with van der Waals surface area (Å²) in [6.45, 7) is 5.99. The van der Waals surface area contributed by atoms with Crippen molar-refractivity contribution < 1.29 is 4.92 Å². The highest BCUT2D eigenvalue weighted by Gasteiger charge is 2.17. The first-order valence-corrected chi connectivity index (χ1v) is 6.15. The molecule has 1 aliphatic heterocycles. The Bertz CT molecular complexity index is 380. The highest BCUT2D eigenvalue weighted by atomic mass is 32.1. The molecule has 2 rings (SSSR count). The molecule has 1 aromatic rings. The van der Waals surface area contributed by atoms with Crippen LogP contribution in [0.25, 0.3) is 0 Å². The first kappa shape index (κ1) is 11.5. The summed E-state index contributed by atoms with van der Waals surface area (Å²) >= 11 is 1.27. The molecule has 16 heavy (non-hydrogen) atoms. The first-order valence-electron chi connectivity index (χ1n) is 5.34. The Hall–Kier alpha value is -0.980. The third-order valence-electron chi connectivity index (χ3n) is 2.66. The second-order valence-corrected chi connectivity index (χ2v) is 5.23. The molecule has 5 nitrogen and oxygen atoms in total. The van der Waals surface area contributed by atoms with E-state index < -0.39 is 0 Å². The maximum atomic E-state index is 10.6. The van der Waals surface area contributed by atoms with Gasteiger partial charge in [0.05, 0.1) is 4.92 Å². The van der Waals surface area contributed by atoms with Crippen LogP contribution in [-0.2, 0) is 6.54 Å². The molecule has 0 bridgehead atoms. The van der Waals surface area contributed by atoms with Crippen LogP contribution in [0.2, 0.25) is 0 Å². The number of nitrogens with one attached hydrogen (secondary N) is 1. The van der Waals surface area contributed by atoms with E-state index in [2.05, 4.69) is 17.1 Å². The molecule has 0 unspecified atom stereocenters. The van der Waals surface area contributed by atoms with E-state index in [4.69, 9.17) is 0 Å². The van der Waals surface area contributed by atoms with Gasteiger partial charge in [-0.15, -0.1) is 0 Å². The predicted molar refractivity (Wildman–Crippen MR) is 63.7 cm³/mol. The molecule has 1 atom stereocenters. The van der Waals surface area contributed by atoms with E-state index in [0.717, 1.165) is 31.1 Å². The molecule has 1 aromatic heterocycles. The molecule has 0 amide bonds. The van der Waals surface area contributed by atoms with E-state index in [1.165, 1.54) is 11.3 Å². The zero-order valence-corrected chi connectivity index (χ0v) is 10.00. The molecule has 1 fully saturated rings. The maximum absolute atomic E-state index is 10.6. The molecule has 1 aliphatic rings. The van der Waals surface area contributed by atoms with Crippen LogP contribution in [0.5, 0.6) is 0 Å². The Balaban J connectivity index is 1.95. The highest BCUT2D eigenvalue weighted by Crippen LogP contribution is 2.25. The van der Waals surface area contributed by atoms with Gasteiger partial charge in [0.25, 0.3) is 0 Å². The average molecular weight is 241 g/mol. The van der Waals surface area contributed by atoms with Crippen molar-refractivity contribution in [2.75, 3.05) is 19.6 Å². The number of rotatable bonds is 3.